The normalized spacial score (nSPS) is 14.4. The van der Waals surface area contributed by atoms with Gasteiger partial charge in [-0.25, -0.2) is 0 Å². The molecule has 2 heterocycles. The van der Waals surface area contributed by atoms with Gasteiger partial charge in [0.15, 0.2) is 0 Å². The van der Waals surface area contributed by atoms with Crippen LogP contribution in [0.1, 0.15) is 36.0 Å². The van der Waals surface area contributed by atoms with Crippen molar-refractivity contribution in [2.75, 3.05) is 31.1 Å². The summed E-state index contributed by atoms with van der Waals surface area (Å²) in [6.07, 6.45) is 2.96. The highest BCUT2D eigenvalue weighted by atomic mass is 16.6. The Morgan fingerprint density at radius 2 is 1.62 bits per heavy atom. The van der Waals surface area contributed by atoms with Gasteiger partial charge in [-0.1, -0.05) is 37.3 Å². The van der Waals surface area contributed by atoms with Gasteiger partial charge in [-0.2, -0.15) is 0 Å². The maximum atomic E-state index is 13.6. The Balaban J connectivity index is 1.38. The molecule has 39 heavy (non-hydrogen) atoms. The van der Waals surface area contributed by atoms with Gasteiger partial charge in [-0.3, -0.25) is 25.0 Å². The molecule has 1 aromatic heterocycles. The number of para-hydroxylation sites is 1. The number of hydrogen-bond acceptors (Lipinski definition) is 6. The number of nitro groups is 2. The van der Waals surface area contributed by atoms with Crippen molar-refractivity contribution in [3.05, 3.63) is 110 Å². The van der Waals surface area contributed by atoms with Gasteiger partial charge >= 0.3 is 0 Å². The molecule has 1 amide bonds. The molecule has 0 aliphatic carbocycles. The van der Waals surface area contributed by atoms with Gasteiger partial charge in [0.2, 0.25) is 5.91 Å². The molecule has 1 aliphatic rings. The number of piperazine rings is 1. The molecular weight excluding hydrogens is 498 g/mol. The Labute approximate surface area is 225 Å². The second-order valence-corrected chi connectivity index (χ2v) is 9.69. The minimum atomic E-state index is -0.422. The first-order valence-electron chi connectivity index (χ1n) is 13.0. The number of carbonyl (C=O) groups excluding carboxylic acids is 1. The smallest absolute Gasteiger partial charge is 0.269 e. The Kier molecular flexibility index (Phi) is 7.27. The molecule has 3 aromatic carbocycles. The summed E-state index contributed by atoms with van der Waals surface area (Å²) in [4.78, 5) is 42.6. The lowest BCUT2D eigenvalue weighted by Gasteiger charge is -2.36. The third-order valence-corrected chi connectivity index (χ3v) is 7.51. The van der Waals surface area contributed by atoms with Crippen LogP contribution < -0.4 is 4.90 Å². The van der Waals surface area contributed by atoms with E-state index in [9.17, 15) is 25.0 Å². The lowest BCUT2D eigenvalue weighted by molar-refractivity contribution is -0.385. The van der Waals surface area contributed by atoms with Crippen LogP contribution in [0, 0.1) is 20.2 Å². The second kappa shape index (κ2) is 10.9. The molecule has 5 rings (SSSR count). The molecule has 4 aromatic rings. The molecule has 0 radical (unpaired) electrons. The Morgan fingerprint density at radius 3 is 2.28 bits per heavy atom. The quantitative estimate of drug-likeness (QED) is 0.241. The number of nitro benzene ring substituents is 2. The average Bonchev–Trinajstić information content (AvgIpc) is 3.40. The zero-order valence-corrected chi connectivity index (χ0v) is 21.6. The van der Waals surface area contributed by atoms with E-state index in [4.69, 9.17) is 0 Å². The summed E-state index contributed by atoms with van der Waals surface area (Å²) in [5.74, 6) is -0.373. The summed E-state index contributed by atoms with van der Waals surface area (Å²) in [6.45, 7) is 4.35. The van der Waals surface area contributed by atoms with Crippen LogP contribution in [0.2, 0.25) is 0 Å². The largest absolute Gasteiger partial charge is 0.368 e. The van der Waals surface area contributed by atoms with Crippen molar-refractivity contribution in [2.45, 2.75) is 25.7 Å². The van der Waals surface area contributed by atoms with Crippen molar-refractivity contribution < 1.29 is 14.6 Å². The number of nitrogens with zero attached hydrogens (tertiary/aromatic N) is 4. The summed E-state index contributed by atoms with van der Waals surface area (Å²) in [7, 11) is 0. The molecule has 1 atom stereocenters. The molecule has 10 heteroatoms. The number of carbonyl (C=O) groups is 1. The molecule has 0 spiro atoms. The maximum absolute atomic E-state index is 13.6. The summed E-state index contributed by atoms with van der Waals surface area (Å²) < 4.78 is 0. The van der Waals surface area contributed by atoms with Gasteiger partial charge in [0.05, 0.1) is 9.85 Å². The van der Waals surface area contributed by atoms with E-state index in [0.29, 0.717) is 26.2 Å². The fraction of sp³-hybridized carbons (Fsp3) is 0.276. The van der Waals surface area contributed by atoms with Gasteiger partial charge in [0, 0.05) is 85.6 Å². The standard InChI is InChI=1S/C29H29N5O5/c1-2-20-5-4-8-25-27(19-30-29(20)25)26(21-6-3-7-24(17-21)34(38)39)18-28(35)32-15-13-31(14-16-32)22-9-11-23(12-10-22)33(36)37/h3-12,17,19,26,30H,2,13-16,18H2,1H3. The number of hydrogen-bond donors (Lipinski definition) is 1. The predicted molar refractivity (Wildman–Crippen MR) is 149 cm³/mol. The van der Waals surface area contributed by atoms with E-state index in [1.54, 1.807) is 24.3 Å². The van der Waals surface area contributed by atoms with Crippen LogP contribution in [-0.4, -0.2) is 51.8 Å². The zero-order valence-electron chi connectivity index (χ0n) is 21.6. The number of anilines is 1. The van der Waals surface area contributed by atoms with Crippen LogP contribution in [0.5, 0.6) is 0 Å². The minimum absolute atomic E-state index is 0.00394. The number of aromatic nitrogens is 1. The number of aryl methyl sites for hydroxylation is 1. The van der Waals surface area contributed by atoms with E-state index < -0.39 is 9.85 Å². The van der Waals surface area contributed by atoms with Crippen LogP contribution in [-0.2, 0) is 11.2 Å². The first kappa shape index (κ1) is 25.9. The lowest BCUT2D eigenvalue weighted by Crippen LogP contribution is -2.49. The lowest BCUT2D eigenvalue weighted by atomic mass is 9.87. The highest BCUT2D eigenvalue weighted by Crippen LogP contribution is 2.36. The number of nitrogens with one attached hydrogen (secondary N) is 1. The van der Waals surface area contributed by atoms with Crippen molar-refractivity contribution in [3.8, 4) is 0 Å². The van der Waals surface area contributed by atoms with E-state index in [1.807, 2.05) is 29.3 Å². The van der Waals surface area contributed by atoms with Crippen LogP contribution in [0.3, 0.4) is 0 Å². The minimum Gasteiger partial charge on any atom is -0.368 e. The number of rotatable bonds is 8. The number of amides is 1. The van der Waals surface area contributed by atoms with E-state index in [2.05, 4.69) is 22.9 Å². The third kappa shape index (κ3) is 5.31. The molecule has 1 unspecified atom stereocenters. The van der Waals surface area contributed by atoms with Gasteiger partial charge in [0.25, 0.3) is 11.4 Å². The monoisotopic (exact) mass is 527 g/mol. The van der Waals surface area contributed by atoms with Crippen molar-refractivity contribution in [1.29, 1.82) is 0 Å². The first-order valence-corrected chi connectivity index (χ1v) is 13.0. The van der Waals surface area contributed by atoms with E-state index in [-0.39, 0.29) is 29.6 Å². The van der Waals surface area contributed by atoms with Crippen LogP contribution in [0.15, 0.2) is 72.9 Å². The molecule has 1 saturated heterocycles. The van der Waals surface area contributed by atoms with Gasteiger partial charge in [-0.05, 0) is 35.2 Å². The topological polar surface area (TPSA) is 126 Å². The van der Waals surface area contributed by atoms with Crippen LogP contribution in [0.4, 0.5) is 17.1 Å². The molecule has 1 N–H and O–H groups in total. The number of H-pyrrole nitrogens is 1. The maximum Gasteiger partial charge on any atom is 0.269 e. The SMILES string of the molecule is CCc1cccc2c(C(CC(=O)N3CCN(c4ccc([N+](=O)[O-])cc4)CC3)c3cccc([N+](=O)[O-])c3)c[nH]c12. The van der Waals surface area contributed by atoms with Crippen LogP contribution in [0.25, 0.3) is 10.9 Å². The molecule has 0 bridgehead atoms. The molecular formula is C29H29N5O5. The number of fused-ring (bicyclic) bond motifs is 1. The summed E-state index contributed by atoms with van der Waals surface area (Å²) in [5.41, 5.74) is 4.79. The van der Waals surface area contributed by atoms with Crippen molar-refractivity contribution >= 4 is 33.9 Å². The predicted octanol–water partition coefficient (Wildman–Crippen LogP) is 5.42. The molecule has 0 saturated carbocycles. The van der Waals surface area contributed by atoms with Crippen molar-refractivity contribution in [3.63, 3.8) is 0 Å². The van der Waals surface area contributed by atoms with Crippen molar-refractivity contribution in [2.24, 2.45) is 0 Å². The molecule has 1 aliphatic heterocycles. The molecule has 10 nitrogen and oxygen atoms in total. The van der Waals surface area contributed by atoms with Gasteiger partial charge in [0.1, 0.15) is 0 Å². The number of aromatic amines is 1. The Hall–Kier alpha value is -4.73. The van der Waals surface area contributed by atoms with E-state index in [1.165, 1.54) is 23.8 Å². The second-order valence-electron chi connectivity index (χ2n) is 9.69. The molecule has 1 fully saturated rings. The summed E-state index contributed by atoms with van der Waals surface area (Å²) in [6, 6.07) is 19.1. The third-order valence-electron chi connectivity index (χ3n) is 7.51. The highest BCUT2D eigenvalue weighted by Gasteiger charge is 2.28. The van der Waals surface area contributed by atoms with E-state index >= 15 is 0 Å². The Bertz CT molecular complexity index is 1520. The number of benzene rings is 3. The summed E-state index contributed by atoms with van der Waals surface area (Å²) >= 11 is 0. The highest BCUT2D eigenvalue weighted by molar-refractivity contribution is 5.88. The summed E-state index contributed by atoms with van der Waals surface area (Å²) in [5, 5.41) is 23.5. The van der Waals surface area contributed by atoms with Gasteiger partial charge < -0.3 is 14.8 Å². The fourth-order valence-corrected chi connectivity index (χ4v) is 5.39. The molecule has 200 valence electrons. The van der Waals surface area contributed by atoms with Crippen LogP contribution >= 0.6 is 0 Å². The zero-order chi connectivity index (χ0) is 27.5. The first-order chi connectivity index (χ1) is 18.9. The van der Waals surface area contributed by atoms with Crippen molar-refractivity contribution in [1.82, 2.24) is 9.88 Å². The Morgan fingerprint density at radius 1 is 0.923 bits per heavy atom. The average molecular weight is 528 g/mol. The van der Waals surface area contributed by atoms with Gasteiger partial charge in [-0.15, -0.1) is 0 Å². The fourth-order valence-electron chi connectivity index (χ4n) is 5.39. The number of non-ortho nitro benzene ring substituents is 2. The van der Waals surface area contributed by atoms with E-state index in [0.717, 1.165) is 34.1 Å².